The van der Waals surface area contributed by atoms with Crippen molar-refractivity contribution in [2.75, 3.05) is 13.1 Å². The fourth-order valence-corrected chi connectivity index (χ4v) is 2.63. The van der Waals surface area contributed by atoms with Gasteiger partial charge in [-0.25, -0.2) is 4.98 Å². The zero-order valence-electron chi connectivity index (χ0n) is 16.1. The summed E-state index contributed by atoms with van der Waals surface area (Å²) in [6.45, 7) is 5.28. The lowest BCUT2D eigenvalue weighted by Crippen LogP contribution is -2.36. The van der Waals surface area contributed by atoms with Gasteiger partial charge < -0.3 is 14.6 Å². The average Bonchev–Trinajstić information content (AvgIpc) is 3.19. The quantitative estimate of drug-likeness (QED) is 0.612. The maximum Gasteiger partial charge on any atom is 0.274 e. The van der Waals surface area contributed by atoms with E-state index in [4.69, 9.17) is 4.42 Å². The molecule has 0 aromatic carbocycles. The molecular weight excluding hydrogens is 344 g/mol. The van der Waals surface area contributed by atoms with Crippen LogP contribution in [0.1, 0.15) is 61.0 Å². The van der Waals surface area contributed by atoms with Crippen LogP contribution < -0.4 is 5.32 Å². The average molecular weight is 372 g/mol. The van der Waals surface area contributed by atoms with E-state index in [-0.39, 0.29) is 18.2 Å². The van der Waals surface area contributed by atoms with E-state index in [0.717, 1.165) is 31.4 Å². The molecule has 2 heterocycles. The Kier molecular flexibility index (Phi) is 8.48. The molecule has 0 bridgehead atoms. The first-order chi connectivity index (χ1) is 13.1. The van der Waals surface area contributed by atoms with Gasteiger partial charge in [0.15, 0.2) is 0 Å². The molecule has 0 aliphatic carbocycles. The van der Waals surface area contributed by atoms with Crippen molar-refractivity contribution in [1.29, 1.82) is 0 Å². The monoisotopic (exact) mass is 372 g/mol. The standard InChI is InChI=1S/C20H28N4O3/c1-3-4-5-6-10-24(20(26)18-15-21-16(2)13-22-18)11-9-19(25)23-14-17-8-7-12-27-17/h7-8,12-13,15H,3-6,9-11,14H2,1-2H3,(H,23,25). The second-order valence-electron chi connectivity index (χ2n) is 6.50. The molecule has 7 heteroatoms. The summed E-state index contributed by atoms with van der Waals surface area (Å²) in [7, 11) is 0. The number of hydrogen-bond acceptors (Lipinski definition) is 5. The minimum absolute atomic E-state index is 0.118. The number of rotatable bonds is 11. The highest BCUT2D eigenvalue weighted by atomic mass is 16.3. The van der Waals surface area contributed by atoms with Crippen LogP contribution in [0.3, 0.4) is 0 Å². The first kappa shape index (κ1) is 20.6. The molecule has 0 radical (unpaired) electrons. The molecule has 0 atom stereocenters. The second-order valence-corrected chi connectivity index (χ2v) is 6.50. The van der Waals surface area contributed by atoms with Gasteiger partial charge in [-0.05, 0) is 25.5 Å². The lowest BCUT2D eigenvalue weighted by atomic mass is 10.2. The molecule has 1 N–H and O–H groups in total. The van der Waals surface area contributed by atoms with Gasteiger partial charge in [0, 0.05) is 25.7 Å². The van der Waals surface area contributed by atoms with Crippen LogP contribution in [0, 0.1) is 6.92 Å². The molecule has 0 spiro atoms. The third kappa shape index (κ3) is 7.21. The van der Waals surface area contributed by atoms with Gasteiger partial charge in [0.1, 0.15) is 11.5 Å². The largest absolute Gasteiger partial charge is 0.467 e. The first-order valence-electron chi connectivity index (χ1n) is 9.47. The van der Waals surface area contributed by atoms with Crippen molar-refractivity contribution < 1.29 is 14.0 Å². The fourth-order valence-electron chi connectivity index (χ4n) is 2.63. The molecule has 27 heavy (non-hydrogen) atoms. The van der Waals surface area contributed by atoms with Crippen LogP contribution in [0.15, 0.2) is 35.2 Å². The smallest absolute Gasteiger partial charge is 0.274 e. The number of nitrogens with zero attached hydrogens (tertiary/aromatic N) is 3. The maximum absolute atomic E-state index is 12.8. The number of unbranched alkanes of at least 4 members (excludes halogenated alkanes) is 3. The maximum atomic E-state index is 12.8. The first-order valence-corrected chi connectivity index (χ1v) is 9.47. The summed E-state index contributed by atoms with van der Waals surface area (Å²) in [5.41, 5.74) is 1.07. The lowest BCUT2D eigenvalue weighted by molar-refractivity contribution is -0.121. The highest BCUT2D eigenvalue weighted by Crippen LogP contribution is 2.07. The van der Waals surface area contributed by atoms with E-state index in [1.807, 2.05) is 6.92 Å². The summed E-state index contributed by atoms with van der Waals surface area (Å²) < 4.78 is 5.20. The normalized spacial score (nSPS) is 10.6. The van der Waals surface area contributed by atoms with Gasteiger partial charge in [-0.1, -0.05) is 26.2 Å². The Bertz CT molecular complexity index is 699. The van der Waals surface area contributed by atoms with Gasteiger partial charge in [0.05, 0.1) is 24.7 Å². The summed E-state index contributed by atoms with van der Waals surface area (Å²) in [6.07, 6.45) is 9.12. The van der Waals surface area contributed by atoms with Crippen LogP contribution >= 0.6 is 0 Å². The van der Waals surface area contributed by atoms with E-state index < -0.39 is 0 Å². The van der Waals surface area contributed by atoms with Gasteiger partial charge in [-0.15, -0.1) is 0 Å². The molecule has 0 aliphatic rings. The Morgan fingerprint density at radius 3 is 2.67 bits per heavy atom. The van der Waals surface area contributed by atoms with Gasteiger partial charge in [0.25, 0.3) is 5.91 Å². The fraction of sp³-hybridized carbons (Fsp3) is 0.500. The van der Waals surface area contributed by atoms with Crippen molar-refractivity contribution >= 4 is 11.8 Å². The van der Waals surface area contributed by atoms with E-state index in [9.17, 15) is 9.59 Å². The Morgan fingerprint density at radius 1 is 1.15 bits per heavy atom. The van der Waals surface area contributed by atoms with Crippen molar-refractivity contribution in [3.8, 4) is 0 Å². The van der Waals surface area contributed by atoms with Crippen LogP contribution in [-0.2, 0) is 11.3 Å². The molecule has 7 nitrogen and oxygen atoms in total. The van der Waals surface area contributed by atoms with Crippen molar-refractivity contribution in [1.82, 2.24) is 20.2 Å². The molecule has 0 unspecified atom stereocenters. The van der Waals surface area contributed by atoms with E-state index in [2.05, 4.69) is 22.2 Å². The Balaban J connectivity index is 1.89. The van der Waals surface area contributed by atoms with Gasteiger partial charge in [0.2, 0.25) is 5.91 Å². The van der Waals surface area contributed by atoms with E-state index in [0.29, 0.717) is 31.1 Å². The second kappa shape index (κ2) is 11.1. The van der Waals surface area contributed by atoms with Crippen LogP contribution in [0.4, 0.5) is 0 Å². The van der Waals surface area contributed by atoms with Crippen LogP contribution in [0.2, 0.25) is 0 Å². The van der Waals surface area contributed by atoms with Crippen LogP contribution in [0.25, 0.3) is 0 Å². The van der Waals surface area contributed by atoms with Crippen molar-refractivity contribution in [3.63, 3.8) is 0 Å². The number of hydrogen-bond donors (Lipinski definition) is 1. The SMILES string of the molecule is CCCCCCN(CCC(=O)NCc1ccco1)C(=O)c1cnc(C)cn1. The predicted octanol–water partition coefficient (Wildman–Crippen LogP) is 3.11. The number of amides is 2. The predicted molar refractivity (Wildman–Crippen MR) is 102 cm³/mol. The van der Waals surface area contributed by atoms with Gasteiger partial charge in [-0.2, -0.15) is 0 Å². The molecule has 2 rings (SSSR count). The van der Waals surface area contributed by atoms with E-state index in [1.54, 1.807) is 29.5 Å². The summed E-state index contributed by atoms with van der Waals surface area (Å²) in [6, 6.07) is 3.58. The summed E-state index contributed by atoms with van der Waals surface area (Å²) >= 11 is 0. The minimum atomic E-state index is -0.183. The minimum Gasteiger partial charge on any atom is -0.467 e. The molecule has 2 aromatic heterocycles. The number of nitrogens with one attached hydrogen (secondary N) is 1. The number of carbonyl (C=O) groups excluding carboxylic acids is 2. The number of aryl methyl sites for hydroxylation is 1. The molecule has 0 saturated heterocycles. The zero-order chi connectivity index (χ0) is 19.5. The third-order valence-electron chi connectivity index (χ3n) is 4.22. The molecule has 146 valence electrons. The summed E-state index contributed by atoms with van der Waals surface area (Å²) in [5, 5.41) is 2.80. The highest BCUT2D eigenvalue weighted by molar-refractivity contribution is 5.92. The lowest BCUT2D eigenvalue weighted by Gasteiger charge is -2.22. The number of furan rings is 1. The van der Waals surface area contributed by atoms with Gasteiger partial charge >= 0.3 is 0 Å². The van der Waals surface area contributed by atoms with Crippen LogP contribution in [-0.4, -0.2) is 39.8 Å². The Labute approximate surface area is 160 Å². The van der Waals surface area contributed by atoms with E-state index in [1.165, 1.54) is 6.20 Å². The number of aromatic nitrogens is 2. The zero-order valence-corrected chi connectivity index (χ0v) is 16.1. The number of carbonyl (C=O) groups is 2. The highest BCUT2D eigenvalue weighted by Gasteiger charge is 2.18. The molecular formula is C20H28N4O3. The van der Waals surface area contributed by atoms with E-state index >= 15 is 0 Å². The topological polar surface area (TPSA) is 88.3 Å². The molecule has 0 saturated carbocycles. The summed E-state index contributed by atoms with van der Waals surface area (Å²) in [4.78, 5) is 34.9. The molecule has 2 amide bonds. The van der Waals surface area contributed by atoms with Gasteiger partial charge in [-0.3, -0.25) is 14.6 Å². The van der Waals surface area contributed by atoms with Crippen molar-refractivity contribution in [2.24, 2.45) is 0 Å². The Morgan fingerprint density at radius 2 is 2.00 bits per heavy atom. The Hall–Kier alpha value is -2.70. The third-order valence-corrected chi connectivity index (χ3v) is 4.22. The van der Waals surface area contributed by atoms with Crippen molar-refractivity contribution in [2.45, 2.75) is 52.5 Å². The molecule has 0 aliphatic heterocycles. The summed E-state index contributed by atoms with van der Waals surface area (Å²) in [5.74, 6) is 0.399. The van der Waals surface area contributed by atoms with Crippen molar-refractivity contribution in [3.05, 3.63) is 47.9 Å². The molecule has 0 fully saturated rings. The van der Waals surface area contributed by atoms with Crippen LogP contribution in [0.5, 0.6) is 0 Å². The molecule has 2 aromatic rings.